The molecule has 0 bridgehead atoms. The number of carbonyl (C=O) groups is 2. The third-order valence-corrected chi connectivity index (χ3v) is 6.12. The second kappa shape index (κ2) is 12.9. The van der Waals surface area contributed by atoms with Gasteiger partial charge in [0.2, 0.25) is 11.8 Å². The molecule has 8 nitrogen and oxygen atoms in total. The Morgan fingerprint density at radius 2 is 1.92 bits per heavy atom. The minimum absolute atomic E-state index is 0.171. The van der Waals surface area contributed by atoms with Crippen LogP contribution in [0, 0.1) is 11.3 Å². The number of amides is 2. The minimum atomic E-state index is -0.621. The zero-order valence-corrected chi connectivity index (χ0v) is 21.9. The first-order chi connectivity index (χ1) is 17.3. The third-order valence-electron chi connectivity index (χ3n) is 4.71. The average molecular weight is 590 g/mol. The molecule has 2 N–H and O–H groups in total. The van der Waals surface area contributed by atoms with Gasteiger partial charge in [-0.1, -0.05) is 47.5 Å². The van der Waals surface area contributed by atoms with Crippen molar-refractivity contribution in [2.45, 2.75) is 13.0 Å². The normalized spacial score (nSPS) is 10.5. The molecule has 0 aromatic heterocycles. The number of methoxy groups -OCH3 is 1. The third kappa shape index (κ3) is 7.21. The van der Waals surface area contributed by atoms with Crippen LogP contribution in [0.25, 0.3) is 0 Å². The van der Waals surface area contributed by atoms with Crippen molar-refractivity contribution in [1.29, 1.82) is 5.26 Å². The molecule has 2 amide bonds. The first-order valence-corrected chi connectivity index (χ1v) is 11.9. The molecule has 0 saturated carbocycles. The van der Waals surface area contributed by atoms with Gasteiger partial charge in [0.05, 0.1) is 45.2 Å². The van der Waals surface area contributed by atoms with E-state index in [1.807, 2.05) is 12.1 Å². The lowest BCUT2D eigenvalue weighted by Crippen LogP contribution is -2.24. The van der Waals surface area contributed by atoms with Crippen molar-refractivity contribution in [2.75, 3.05) is 12.4 Å². The number of hydrazone groups is 1. The molecule has 3 aromatic rings. The van der Waals surface area contributed by atoms with E-state index in [2.05, 4.69) is 37.8 Å². The van der Waals surface area contributed by atoms with Crippen molar-refractivity contribution in [3.63, 3.8) is 0 Å². The number of nitrogens with zero attached hydrogens (tertiary/aromatic N) is 2. The number of anilines is 1. The first-order valence-electron chi connectivity index (χ1n) is 10.4. The number of carbonyl (C=O) groups excluding carboxylic acids is 2. The van der Waals surface area contributed by atoms with E-state index < -0.39 is 18.2 Å². The number of benzene rings is 3. The van der Waals surface area contributed by atoms with Crippen LogP contribution >= 0.6 is 39.1 Å². The van der Waals surface area contributed by atoms with E-state index in [9.17, 15) is 14.9 Å². The first kappa shape index (κ1) is 27.0. The molecular formula is C25H19BrCl2N4O4. The number of hydrogen-bond acceptors (Lipinski definition) is 6. The molecule has 36 heavy (non-hydrogen) atoms. The van der Waals surface area contributed by atoms with Crippen LogP contribution in [0.5, 0.6) is 11.5 Å². The van der Waals surface area contributed by atoms with Crippen molar-refractivity contribution in [3.8, 4) is 17.6 Å². The van der Waals surface area contributed by atoms with Crippen LogP contribution in [0.3, 0.4) is 0 Å². The standard InChI is InChI=1S/C25H19BrCl2N4O4/c1-35-21-10-15(9-18(26)25(21)36-14-17-6-3-2-5-16(17)12-29)13-30-32-23(34)11-22(33)31-20-8-4-7-19(27)24(20)28/h2-10,13H,11,14H2,1H3,(H,31,33)(H,32,34). The van der Waals surface area contributed by atoms with Gasteiger partial charge in [-0.15, -0.1) is 0 Å². The lowest BCUT2D eigenvalue weighted by Gasteiger charge is -2.14. The van der Waals surface area contributed by atoms with Gasteiger partial charge in [0, 0.05) is 5.56 Å². The van der Waals surface area contributed by atoms with E-state index >= 15 is 0 Å². The molecule has 3 aromatic carbocycles. The van der Waals surface area contributed by atoms with Gasteiger partial charge in [-0.05, 0) is 51.8 Å². The zero-order valence-electron chi connectivity index (χ0n) is 18.8. The van der Waals surface area contributed by atoms with Gasteiger partial charge < -0.3 is 14.8 Å². The molecule has 0 aliphatic carbocycles. The number of halogens is 3. The Hall–Kier alpha value is -3.58. The number of rotatable bonds is 9. The lowest BCUT2D eigenvalue weighted by molar-refractivity contribution is -0.126. The van der Waals surface area contributed by atoms with Crippen molar-refractivity contribution >= 4 is 62.8 Å². The van der Waals surface area contributed by atoms with Crippen molar-refractivity contribution in [3.05, 3.63) is 85.8 Å². The minimum Gasteiger partial charge on any atom is -0.493 e. The van der Waals surface area contributed by atoms with Gasteiger partial charge in [-0.2, -0.15) is 10.4 Å². The predicted molar refractivity (Wildman–Crippen MR) is 142 cm³/mol. The largest absolute Gasteiger partial charge is 0.493 e. The Balaban J connectivity index is 1.60. The Labute approximate surface area is 225 Å². The van der Waals surface area contributed by atoms with E-state index in [0.717, 1.165) is 5.56 Å². The second-order valence-electron chi connectivity index (χ2n) is 7.21. The number of nitrogens with one attached hydrogen (secondary N) is 2. The van der Waals surface area contributed by atoms with Crippen LogP contribution in [0.4, 0.5) is 5.69 Å². The molecule has 0 heterocycles. The predicted octanol–water partition coefficient (Wildman–Crippen LogP) is 5.69. The summed E-state index contributed by atoms with van der Waals surface area (Å²) in [5.74, 6) is -0.327. The summed E-state index contributed by atoms with van der Waals surface area (Å²) < 4.78 is 11.9. The summed E-state index contributed by atoms with van der Waals surface area (Å²) in [6, 6.07) is 17.4. The van der Waals surface area contributed by atoms with Gasteiger partial charge in [-0.25, -0.2) is 5.43 Å². The fourth-order valence-corrected chi connectivity index (χ4v) is 3.94. The van der Waals surface area contributed by atoms with E-state index in [1.54, 1.807) is 42.5 Å². The summed E-state index contributed by atoms with van der Waals surface area (Å²) in [7, 11) is 1.49. The highest BCUT2D eigenvalue weighted by molar-refractivity contribution is 9.10. The van der Waals surface area contributed by atoms with Crippen molar-refractivity contribution in [1.82, 2.24) is 5.43 Å². The monoisotopic (exact) mass is 588 g/mol. The van der Waals surface area contributed by atoms with Gasteiger partial charge in [0.15, 0.2) is 11.5 Å². The summed E-state index contributed by atoms with van der Waals surface area (Å²) in [6.07, 6.45) is 0.926. The lowest BCUT2D eigenvalue weighted by atomic mass is 10.1. The molecule has 0 radical (unpaired) electrons. The molecule has 11 heteroatoms. The fraction of sp³-hybridized carbons (Fsp3) is 0.120. The summed E-state index contributed by atoms with van der Waals surface area (Å²) in [6.45, 7) is 0.171. The smallest absolute Gasteiger partial charge is 0.249 e. The van der Waals surface area contributed by atoms with Crippen LogP contribution in [0.15, 0.2) is 64.2 Å². The Kier molecular flexibility index (Phi) is 9.70. The molecule has 0 aliphatic rings. The molecule has 0 unspecified atom stereocenters. The topological polar surface area (TPSA) is 113 Å². The van der Waals surface area contributed by atoms with E-state index in [0.29, 0.717) is 32.8 Å². The maximum Gasteiger partial charge on any atom is 0.249 e. The number of ether oxygens (including phenoxy) is 2. The van der Waals surface area contributed by atoms with Crippen LogP contribution in [0.2, 0.25) is 10.0 Å². The Morgan fingerprint density at radius 1 is 1.14 bits per heavy atom. The van der Waals surface area contributed by atoms with Crippen LogP contribution in [0.1, 0.15) is 23.1 Å². The SMILES string of the molecule is COc1cc(C=NNC(=O)CC(=O)Nc2cccc(Cl)c2Cl)cc(Br)c1OCc1ccccc1C#N. The zero-order chi connectivity index (χ0) is 26.1. The molecule has 0 saturated heterocycles. The second-order valence-corrected chi connectivity index (χ2v) is 8.85. The maximum atomic E-state index is 12.1. The number of nitriles is 1. The average Bonchev–Trinajstić information content (AvgIpc) is 2.86. The Morgan fingerprint density at radius 3 is 2.67 bits per heavy atom. The molecule has 184 valence electrons. The number of hydrogen-bond donors (Lipinski definition) is 2. The van der Waals surface area contributed by atoms with Crippen LogP contribution < -0.4 is 20.2 Å². The van der Waals surface area contributed by atoms with Gasteiger partial charge in [-0.3, -0.25) is 9.59 Å². The van der Waals surface area contributed by atoms with E-state index in [4.69, 9.17) is 32.7 Å². The summed E-state index contributed by atoms with van der Waals surface area (Å²) in [5.41, 5.74) is 4.46. The molecular weight excluding hydrogens is 571 g/mol. The van der Waals surface area contributed by atoms with Crippen molar-refractivity contribution < 1.29 is 19.1 Å². The van der Waals surface area contributed by atoms with Crippen LogP contribution in [-0.4, -0.2) is 25.1 Å². The quantitative estimate of drug-likeness (QED) is 0.189. The van der Waals surface area contributed by atoms with E-state index in [-0.39, 0.29) is 16.7 Å². The highest BCUT2D eigenvalue weighted by Crippen LogP contribution is 2.37. The molecule has 0 aliphatic heterocycles. The Bertz CT molecular complexity index is 1360. The van der Waals surface area contributed by atoms with E-state index in [1.165, 1.54) is 13.3 Å². The maximum absolute atomic E-state index is 12.1. The summed E-state index contributed by atoms with van der Waals surface area (Å²) in [5, 5.41) is 16.1. The van der Waals surface area contributed by atoms with Crippen molar-refractivity contribution in [2.24, 2.45) is 5.10 Å². The van der Waals surface area contributed by atoms with Gasteiger partial charge >= 0.3 is 0 Å². The molecule has 0 atom stereocenters. The van der Waals surface area contributed by atoms with Crippen LogP contribution in [-0.2, 0) is 16.2 Å². The molecule has 0 spiro atoms. The van der Waals surface area contributed by atoms with Gasteiger partial charge in [0.1, 0.15) is 13.0 Å². The highest BCUT2D eigenvalue weighted by Gasteiger charge is 2.14. The highest BCUT2D eigenvalue weighted by atomic mass is 79.9. The fourth-order valence-electron chi connectivity index (χ4n) is 3.02. The molecule has 0 fully saturated rings. The van der Waals surface area contributed by atoms with Gasteiger partial charge in [0.25, 0.3) is 0 Å². The summed E-state index contributed by atoms with van der Waals surface area (Å²) in [4.78, 5) is 24.2. The molecule has 3 rings (SSSR count). The summed E-state index contributed by atoms with van der Waals surface area (Å²) >= 11 is 15.4.